The van der Waals surface area contributed by atoms with Crippen molar-refractivity contribution < 1.29 is 4.74 Å². The monoisotopic (exact) mass is 254 g/mol. The van der Waals surface area contributed by atoms with Crippen molar-refractivity contribution >= 4 is 0 Å². The molecule has 0 aliphatic carbocycles. The third-order valence-corrected chi connectivity index (χ3v) is 2.92. The number of aromatic nitrogens is 2. The molecule has 1 unspecified atom stereocenters. The number of rotatable bonds is 9. The summed E-state index contributed by atoms with van der Waals surface area (Å²) in [6.07, 6.45) is 4.96. The van der Waals surface area contributed by atoms with E-state index in [4.69, 9.17) is 4.74 Å². The topological polar surface area (TPSA) is 42.3 Å². The van der Waals surface area contributed by atoms with Gasteiger partial charge in [0.15, 0.2) is 0 Å². The maximum absolute atomic E-state index is 5.25. The minimum atomic E-state index is 0.375. The lowest BCUT2D eigenvalue weighted by molar-refractivity contribution is 0.143. The minimum absolute atomic E-state index is 0.375. The molecule has 0 radical (unpaired) electrons. The van der Waals surface area contributed by atoms with Crippen LogP contribution in [-0.2, 0) is 18.3 Å². The highest BCUT2D eigenvalue weighted by Gasteiger charge is 2.12. The van der Waals surface area contributed by atoms with E-state index in [1.807, 2.05) is 19.4 Å². The Hall–Kier alpha value is -0.910. The molecule has 18 heavy (non-hydrogen) atoms. The van der Waals surface area contributed by atoms with Crippen LogP contribution in [0.1, 0.15) is 19.2 Å². The molecule has 5 nitrogen and oxygen atoms in total. The van der Waals surface area contributed by atoms with Crippen molar-refractivity contribution in [2.75, 3.05) is 33.9 Å². The van der Waals surface area contributed by atoms with Crippen LogP contribution in [-0.4, -0.2) is 54.3 Å². The molecule has 0 aromatic carbocycles. The summed E-state index contributed by atoms with van der Waals surface area (Å²) in [5, 5.41) is 3.50. The Morgan fingerprint density at radius 2 is 2.33 bits per heavy atom. The maximum atomic E-state index is 5.25. The zero-order valence-corrected chi connectivity index (χ0v) is 12.0. The highest BCUT2D eigenvalue weighted by Crippen LogP contribution is 2.00. The Labute approximate surface area is 110 Å². The summed E-state index contributed by atoms with van der Waals surface area (Å²) in [5.41, 5.74) is 0. The summed E-state index contributed by atoms with van der Waals surface area (Å²) >= 11 is 0. The number of methoxy groups -OCH3 is 1. The average Bonchev–Trinajstić information content (AvgIpc) is 2.72. The van der Waals surface area contributed by atoms with E-state index in [1.165, 1.54) is 0 Å². The Bertz CT molecular complexity index is 327. The van der Waals surface area contributed by atoms with Crippen molar-refractivity contribution in [2.24, 2.45) is 7.05 Å². The number of hydrogen-bond donors (Lipinski definition) is 1. The number of aryl methyl sites for hydroxylation is 1. The second kappa shape index (κ2) is 8.24. The fourth-order valence-corrected chi connectivity index (χ4v) is 1.96. The Kier molecular flexibility index (Phi) is 6.93. The third kappa shape index (κ3) is 5.16. The second-order valence-corrected chi connectivity index (χ2v) is 4.76. The van der Waals surface area contributed by atoms with Gasteiger partial charge in [-0.05, 0) is 20.0 Å². The molecule has 1 atom stereocenters. The first-order valence-electron chi connectivity index (χ1n) is 6.54. The van der Waals surface area contributed by atoms with E-state index in [9.17, 15) is 0 Å². The smallest absolute Gasteiger partial charge is 0.122 e. The van der Waals surface area contributed by atoms with E-state index in [2.05, 4.69) is 33.7 Å². The van der Waals surface area contributed by atoms with Crippen molar-refractivity contribution in [1.82, 2.24) is 19.8 Å². The van der Waals surface area contributed by atoms with Crippen LogP contribution in [0.4, 0.5) is 0 Å². The summed E-state index contributed by atoms with van der Waals surface area (Å²) in [6.45, 7) is 5.77. The normalized spacial score (nSPS) is 13.2. The lowest BCUT2D eigenvalue weighted by Gasteiger charge is -2.24. The highest BCUT2D eigenvalue weighted by atomic mass is 16.5. The SMILES string of the molecule is CCCNC(COC)CN(C)Cc1nccn1C. The van der Waals surface area contributed by atoms with Gasteiger partial charge in [-0.1, -0.05) is 6.92 Å². The Balaban J connectivity index is 2.40. The molecule has 1 aromatic rings. The van der Waals surface area contributed by atoms with Crippen LogP contribution in [0.15, 0.2) is 12.4 Å². The number of nitrogens with zero attached hydrogens (tertiary/aromatic N) is 3. The van der Waals surface area contributed by atoms with E-state index < -0.39 is 0 Å². The molecule has 104 valence electrons. The minimum Gasteiger partial charge on any atom is -0.383 e. The number of hydrogen-bond acceptors (Lipinski definition) is 4. The first-order chi connectivity index (χ1) is 8.67. The van der Waals surface area contributed by atoms with Crippen molar-refractivity contribution in [3.63, 3.8) is 0 Å². The molecule has 0 amide bonds. The van der Waals surface area contributed by atoms with E-state index in [0.29, 0.717) is 6.04 Å². The maximum Gasteiger partial charge on any atom is 0.122 e. The van der Waals surface area contributed by atoms with Crippen molar-refractivity contribution in [3.05, 3.63) is 18.2 Å². The van der Waals surface area contributed by atoms with Crippen LogP contribution in [0.5, 0.6) is 0 Å². The summed E-state index contributed by atoms with van der Waals surface area (Å²) < 4.78 is 7.31. The fraction of sp³-hybridized carbons (Fsp3) is 0.769. The van der Waals surface area contributed by atoms with Gasteiger partial charge in [0.2, 0.25) is 0 Å². The van der Waals surface area contributed by atoms with Gasteiger partial charge in [-0.25, -0.2) is 4.98 Å². The molecule has 0 aliphatic heterocycles. The number of likely N-dealkylation sites (N-methyl/N-ethyl adjacent to an activating group) is 1. The van der Waals surface area contributed by atoms with Crippen molar-refractivity contribution in [3.8, 4) is 0 Å². The van der Waals surface area contributed by atoms with E-state index in [1.54, 1.807) is 7.11 Å². The van der Waals surface area contributed by atoms with Crippen molar-refractivity contribution in [2.45, 2.75) is 25.9 Å². The predicted molar refractivity (Wildman–Crippen MR) is 73.5 cm³/mol. The lowest BCUT2D eigenvalue weighted by Crippen LogP contribution is -2.42. The van der Waals surface area contributed by atoms with E-state index >= 15 is 0 Å². The van der Waals surface area contributed by atoms with Crippen LogP contribution in [0, 0.1) is 0 Å². The zero-order valence-electron chi connectivity index (χ0n) is 12.0. The molecule has 0 aliphatic rings. The van der Waals surface area contributed by atoms with Gasteiger partial charge in [-0.3, -0.25) is 4.90 Å². The number of imidazole rings is 1. The standard InChI is InChI=1S/C13H26N4O/c1-5-6-14-12(11-18-4)9-16(2)10-13-15-7-8-17(13)3/h7-8,12,14H,5-6,9-11H2,1-4H3. The quantitative estimate of drug-likeness (QED) is 0.710. The van der Waals surface area contributed by atoms with Crippen LogP contribution in [0.2, 0.25) is 0 Å². The van der Waals surface area contributed by atoms with Crippen molar-refractivity contribution in [1.29, 1.82) is 0 Å². The largest absolute Gasteiger partial charge is 0.383 e. The number of nitrogens with one attached hydrogen (secondary N) is 1. The van der Waals surface area contributed by atoms with Gasteiger partial charge in [0.25, 0.3) is 0 Å². The molecule has 1 rings (SSSR count). The van der Waals surface area contributed by atoms with Gasteiger partial charge in [0.1, 0.15) is 5.82 Å². The average molecular weight is 254 g/mol. The zero-order chi connectivity index (χ0) is 13.4. The molecular weight excluding hydrogens is 228 g/mol. The van der Waals surface area contributed by atoms with Gasteiger partial charge in [-0.2, -0.15) is 0 Å². The molecule has 0 spiro atoms. The molecule has 1 aromatic heterocycles. The van der Waals surface area contributed by atoms with E-state index in [0.717, 1.165) is 38.5 Å². The summed E-state index contributed by atoms with van der Waals surface area (Å²) in [7, 11) is 5.89. The molecular formula is C13H26N4O. The second-order valence-electron chi connectivity index (χ2n) is 4.76. The van der Waals surface area contributed by atoms with Gasteiger partial charge in [0, 0.05) is 39.1 Å². The van der Waals surface area contributed by atoms with Crippen LogP contribution < -0.4 is 5.32 Å². The number of ether oxygens (including phenoxy) is 1. The van der Waals surface area contributed by atoms with Gasteiger partial charge in [0.05, 0.1) is 13.2 Å². The third-order valence-electron chi connectivity index (χ3n) is 2.92. The molecule has 1 heterocycles. The van der Waals surface area contributed by atoms with Gasteiger partial charge < -0.3 is 14.6 Å². The Morgan fingerprint density at radius 1 is 1.56 bits per heavy atom. The molecule has 0 saturated carbocycles. The van der Waals surface area contributed by atoms with E-state index in [-0.39, 0.29) is 0 Å². The van der Waals surface area contributed by atoms with Gasteiger partial charge >= 0.3 is 0 Å². The predicted octanol–water partition coefficient (Wildman–Crippen LogP) is 0.867. The molecule has 0 fully saturated rings. The van der Waals surface area contributed by atoms with Gasteiger partial charge in [-0.15, -0.1) is 0 Å². The first-order valence-corrected chi connectivity index (χ1v) is 6.54. The summed E-state index contributed by atoms with van der Waals surface area (Å²) in [4.78, 5) is 6.61. The molecule has 0 bridgehead atoms. The van der Waals surface area contributed by atoms with Crippen LogP contribution >= 0.6 is 0 Å². The molecule has 0 saturated heterocycles. The summed E-state index contributed by atoms with van der Waals surface area (Å²) in [6, 6.07) is 0.375. The first kappa shape index (κ1) is 15.1. The Morgan fingerprint density at radius 3 is 2.89 bits per heavy atom. The van der Waals surface area contributed by atoms with Crippen LogP contribution in [0.3, 0.4) is 0 Å². The van der Waals surface area contributed by atoms with Crippen LogP contribution in [0.25, 0.3) is 0 Å². The lowest BCUT2D eigenvalue weighted by atomic mass is 10.2. The molecule has 5 heteroatoms. The highest BCUT2D eigenvalue weighted by molar-refractivity contribution is 4.91. The molecule has 1 N–H and O–H groups in total. The summed E-state index contributed by atoms with van der Waals surface area (Å²) in [5.74, 6) is 1.09. The fourth-order valence-electron chi connectivity index (χ4n) is 1.96.